The summed E-state index contributed by atoms with van der Waals surface area (Å²) in [5, 5.41) is 3.05. The van der Waals surface area contributed by atoms with Crippen molar-refractivity contribution in [3.63, 3.8) is 0 Å². The molecule has 30 heavy (non-hydrogen) atoms. The van der Waals surface area contributed by atoms with Crippen molar-refractivity contribution in [2.24, 2.45) is 0 Å². The SMILES string of the molecule is C=CCN(c1ccccc1OC)S(=O)(=O)c1ccc(Cl)c(C(=O)NC(C)(C)CC)c1. The molecular weight excluding hydrogens is 424 g/mol. The average Bonchev–Trinajstić information content (AvgIpc) is 2.71. The summed E-state index contributed by atoms with van der Waals surface area (Å²) >= 11 is 6.21. The van der Waals surface area contributed by atoms with Gasteiger partial charge in [0.05, 0.1) is 34.8 Å². The second-order valence-electron chi connectivity index (χ2n) is 7.33. The number of benzene rings is 2. The van der Waals surface area contributed by atoms with Gasteiger partial charge in [-0.05, 0) is 50.6 Å². The Hall–Kier alpha value is -2.51. The van der Waals surface area contributed by atoms with Crippen LogP contribution in [0.15, 0.2) is 60.0 Å². The maximum atomic E-state index is 13.5. The summed E-state index contributed by atoms with van der Waals surface area (Å²) in [6.07, 6.45) is 2.19. The van der Waals surface area contributed by atoms with Crippen LogP contribution in [0.2, 0.25) is 5.02 Å². The van der Waals surface area contributed by atoms with Crippen LogP contribution in [0.5, 0.6) is 5.75 Å². The van der Waals surface area contributed by atoms with E-state index in [1.165, 1.54) is 35.7 Å². The molecule has 1 amide bonds. The summed E-state index contributed by atoms with van der Waals surface area (Å²) in [5.74, 6) is -0.0315. The van der Waals surface area contributed by atoms with Crippen molar-refractivity contribution < 1.29 is 17.9 Å². The van der Waals surface area contributed by atoms with Crippen molar-refractivity contribution >= 4 is 33.2 Å². The van der Waals surface area contributed by atoms with Gasteiger partial charge in [0.25, 0.3) is 15.9 Å². The van der Waals surface area contributed by atoms with Crippen LogP contribution in [0.1, 0.15) is 37.6 Å². The van der Waals surface area contributed by atoms with Crippen molar-refractivity contribution in [3.05, 3.63) is 65.7 Å². The fraction of sp³-hybridized carbons (Fsp3) is 0.318. The number of rotatable bonds is 9. The largest absolute Gasteiger partial charge is 0.495 e. The van der Waals surface area contributed by atoms with Crippen molar-refractivity contribution in [2.75, 3.05) is 18.0 Å². The molecule has 0 unspecified atom stereocenters. The number of halogens is 1. The molecule has 0 bridgehead atoms. The molecule has 0 aliphatic heterocycles. The second kappa shape index (κ2) is 9.53. The summed E-state index contributed by atoms with van der Waals surface area (Å²) < 4.78 is 33.4. The Morgan fingerprint density at radius 2 is 1.93 bits per heavy atom. The lowest BCUT2D eigenvalue weighted by molar-refractivity contribution is 0.0911. The quantitative estimate of drug-likeness (QED) is 0.564. The number of amides is 1. The van der Waals surface area contributed by atoms with E-state index >= 15 is 0 Å². The fourth-order valence-electron chi connectivity index (χ4n) is 2.71. The van der Waals surface area contributed by atoms with E-state index in [1.54, 1.807) is 24.3 Å². The highest BCUT2D eigenvalue weighted by molar-refractivity contribution is 7.92. The molecule has 6 nitrogen and oxygen atoms in total. The highest BCUT2D eigenvalue weighted by atomic mass is 35.5. The van der Waals surface area contributed by atoms with Crippen LogP contribution >= 0.6 is 11.6 Å². The summed E-state index contributed by atoms with van der Waals surface area (Å²) in [6, 6.07) is 10.9. The molecule has 2 aromatic rings. The molecule has 1 N–H and O–H groups in total. The standard InChI is InChI=1S/C22H27ClN2O4S/c1-6-14-25(19-10-8-9-11-20(19)29-5)30(27,28)16-12-13-18(23)17(15-16)21(26)24-22(3,4)7-2/h6,8-13,15H,1,7,14H2,2-5H3,(H,24,26). The molecule has 0 fully saturated rings. The van der Waals surface area contributed by atoms with E-state index < -0.39 is 21.5 Å². The van der Waals surface area contributed by atoms with Crippen molar-refractivity contribution in [2.45, 2.75) is 37.6 Å². The number of carbonyl (C=O) groups excluding carboxylic acids is 1. The van der Waals surface area contributed by atoms with Gasteiger partial charge in [0, 0.05) is 5.54 Å². The Labute approximate surface area is 183 Å². The molecular formula is C22H27ClN2O4S. The van der Waals surface area contributed by atoms with Crippen LogP contribution in [0, 0.1) is 0 Å². The van der Waals surface area contributed by atoms with Gasteiger partial charge < -0.3 is 10.1 Å². The van der Waals surface area contributed by atoms with Crippen LogP contribution in [0.4, 0.5) is 5.69 Å². The summed E-state index contributed by atoms with van der Waals surface area (Å²) in [4.78, 5) is 12.7. The van der Waals surface area contributed by atoms with Gasteiger partial charge in [0.1, 0.15) is 5.75 Å². The zero-order valence-corrected chi connectivity index (χ0v) is 19.2. The molecule has 2 rings (SSSR count). The first kappa shape index (κ1) is 23.8. The third-order valence-corrected chi connectivity index (χ3v) is 6.86. The van der Waals surface area contributed by atoms with Crippen molar-refractivity contribution in [3.8, 4) is 5.75 Å². The van der Waals surface area contributed by atoms with Crippen molar-refractivity contribution in [1.82, 2.24) is 5.32 Å². The van der Waals surface area contributed by atoms with E-state index in [9.17, 15) is 13.2 Å². The first-order valence-corrected chi connectivity index (χ1v) is 11.3. The van der Waals surface area contributed by atoms with E-state index in [0.29, 0.717) is 17.9 Å². The average molecular weight is 451 g/mol. The molecule has 0 heterocycles. The number of hydrogen-bond acceptors (Lipinski definition) is 4. The maximum Gasteiger partial charge on any atom is 0.264 e. The van der Waals surface area contributed by atoms with Gasteiger partial charge in [0.2, 0.25) is 0 Å². The first-order chi connectivity index (χ1) is 14.1. The maximum absolute atomic E-state index is 13.5. The number of nitrogens with zero attached hydrogens (tertiary/aromatic N) is 1. The van der Waals surface area contributed by atoms with Crippen LogP contribution in [0.3, 0.4) is 0 Å². The van der Waals surface area contributed by atoms with Crippen LogP contribution in [0.25, 0.3) is 0 Å². The van der Waals surface area contributed by atoms with Gasteiger partial charge in [0.15, 0.2) is 0 Å². The van der Waals surface area contributed by atoms with Gasteiger partial charge >= 0.3 is 0 Å². The molecule has 162 valence electrons. The zero-order valence-electron chi connectivity index (χ0n) is 17.6. The molecule has 0 aliphatic rings. The molecule has 2 aromatic carbocycles. The Bertz CT molecular complexity index is 1040. The number of para-hydroxylation sites is 2. The molecule has 0 atom stereocenters. The second-order valence-corrected chi connectivity index (χ2v) is 9.60. The minimum atomic E-state index is -4.03. The summed E-state index contributed by atoms with van der Waals surface area (Å²) in [6.45, 7) is 9.40. The Morgan fingerprint density at radius 3 is 2.53 bits per heavy atom. The van der Waals surface area contributed by atoms with Gasteiger partial charge in [-0.25, -0.2) is 8.42 Å². The number of nitrogens with one attached hydrogen (secondary N) is 1. The van der Waals surface area contributed by atoms with Gasteiger partial charge in [-0.2, -0.15) is 0 Å². The number of carbonyl (C=O) groups is 1. The number of ether oxygens (including phenoxy) is 1. The number of methoxy groups -OCH3 is 1. The topological polar surface area (TPSA) is 75.7 Å². The lowest BCUT2D eigenvalue weighted by Crippen LogP contribution is -2.43. The lowest BCUT2D eigenvalue weighted by Gasteiger charge is -2.26. The molecule has 0 saturated heterocycles. The van der Waals surface area contributed by atoms with Gasteiger partial charge in [-0.1, -0.05) is 36.7 Å². The molecule has 0 aliphatic carbocycles. The Kier molecular flexibility index (Phi) is 7.55. The van der Waals surface area contributed by atoms with Crippen LogP contribution in [-0.2, 0) is 10.0 Å². The van der Waals surface area contributed by atoms with E-state index in [4.69, 9.17) is 16.3 Å². The van der Waals surface area contributed by atoms with E-state index in [1.807, 2.05) is 20.8 Å². The first-order valence-electron chi connectivity index (χ1n) is 9.46. The normalized spacial score (nSPS) is 11.6. The molecule has 0 radical (unpaired) electrons. The zero-order chi connectivity index (χ0) is 22.5. The Balaban J connectivity index is 2.55. The van der Waals surface area contributed by atoms with E-state index in [0.717, 1.165) is 0 Å². The third-order valence-electron chi connectivity index (χ3n) is 4.76. The number of sulfonamides is 1. The van der Waals surface area contributed by atoms with Crippen molar-refractivity contribution in [1.29, 1.82) is 0 Å². The highest BCUT2D eigenvalue weighted by Crippen LogP contribution is 2.33. The number of anilines is 1. The summed E-state index contributed by atoms with van der Waals surface area (Å²) in [5.41, 5.74) is 0.00694. The minimum Gasteiger partial charge on any atom is -0.495 e. The van der Waals surface area contributed by atoms with E-state index in [-0.39, 0.29) is 22.0 Å². The Morgan fingerprint density at radius 1 is 1.27 bits per heavy atom. The molecule has 0 aromatic heterocycles. The van der Waals surface area contributed by atoms with Crippen LogP contribution in [-0.4, -0.2) is 33.5 Å². The smallest absolute Gasteiger partial charge is 0.264 e. The molecule has 0 saturated carbocycles. The van der Waals surface area contributed by atoms with E-state index in [2.05, 4.69) is 11.9 Å². The summed E-state index contributed by atoms with van der Waals surface area (Å²) in [7, 11) is -2.56. The lowest BCUT2D eigenvalue weighted by atomic mass is 10.0. The predicted octanol–water partition coefficient (Wildman–Crippen LogP) is 4.65. The third kappa shape index (κ3) is 5.15. The van der Waals surface area contributed by atoms with Gasteiger partial charge in [-0.3, -0.25) is 9.10 Å². The van der Waals surface area contributed by atoms with Gasteiger partial charge in [-0.15, -0.1) is 6.58 Å². The molecule has 8 heteroatoms. The van der Waals surface area contributed by atoms with Crippen LogP contribution < -0.4 is 14.4 Å². The monoisotopic (exact) mass is 450 g/mol. The fourth-order valence-corrected chi connectivity index (χ4v) is 4.38. The highest BCUT2D eigenvalue weighted by Gasteiger charge is 2.28. The molecule has 0 spiro atoms. The minimum absolute atomic E-state index is 0.0235. The number of hydrogen-bond donors (Lipinski definition) is 1. The predicted molar refractivity (Wildman–Crippen MR) is 121 cm³/mol.